The molecular formula is C17H23N3O5S. The molecule has 26 heavy (non-hydrogen) atoms. The third kappa shape index (κ3) is 3.68. The standard InChI is InChI=1S/C17H23N3O5S/c1-11-4-5-12(8-15(11)26(23,24)19(2)3)16(21)18-9-14-10-20(13-6-7-13)17(22)25-14/h4-5,8,13-14H,6-7,9-10H2,1-3H3,(H,18,21). The molecule has 2 aliphatic rings. The van der Waals surface area contributed by atoms with Gasteiger partial charge in [0.25, 0.3) is 5.91 Å². The predicted octanol–water partition coefficient (Wildman–Crippen LogP) is 0.958. The minimum atomic E-state index is -3.63. The summed E-state index contributed by atoms with van der Waals surface area (Å²) in [6, 6.07) is 4.84. The fourth-order valence-corrected chi connectivity index (χ4v) is 4.00. The third-order valence-corrected chi connectivity index (χ3v) is 6.55. The van der Waals surface area contributed by atoms with Crippen molar-refractivity contribution < 1.29 is 22.7 Å². The van der Waals surface area contributed by atoms with Crippen molar-refractivity contribution in [2.75, 3.05) is 27.2 Å². The second-order valence-electron chi connectivity index (χ2n) is 6.87. The van der Waals surface area contributed by atoms with Gasteiger partial charge in [-0.05, 0) is 37.5 Å². The lowest BCUT2D eigenvalue weighted by atomic mass is 10.1. The maximum Gasteiger partial charge on any atom is 0.410 e. The smallest absolute Gasteiger partial charge is 0.410 e. The van der Waals surface area contributed by atoms with Crippen LogP contribution in [0.3, 0.4) is 0 Å². The average molecular weight is 381 g/mol. The Balaban J connectivity index is 1.66. The Bertz CT molecular complexity index is 833. The van der Waals surface area contributed by atoms with Crippen LogP contribution >= 0.6 is 0 Å². The largest absolute Gasteiger partial charge is 0.442 e. The highest BCUT2D eigenvalue weighted by atomic mass is 32.2. The van der Waals surface area contributed by atoms with Gasteiger partial charge in [-0.3, -0.25) is 4.79 Å². The zero-order valence-electron chi connectivity index (χ0n) is 15.1. The minimum Gasteiger partial charge on any atom is -0.442 e. The first kappa shape index (κ1) is 18.7. The van der Waals surface area contributed by atoms with Crippen molar-refractivity contribution >= 4 is 22.0 Å². The number of hydrogen-bond donors (Lipinski definition) is 1. The number of ether oxygens (including phenoxy) is 1. The summed E-state index contributed by atoms with van der Waals surface area (Å²) < 4.78 is 31.1. The van der Waals surface area contributed by atoms with Gasteiger partial charge in [0.05, 0.1) is 18.0 Å². The van der Waals surface area contributed by atoms with E-state index in [-0.39, 0.29) is 35.2 Å². The molecule has 0 spiro atoms. The number of amides is 2. The van der Waals surface area contributed by atoms with E-state index < -0.39 is 15.9 Å². The predicted molar refractivity (Wildman–Crippen MR) is 94.4 cm³/mol. The van der Waals surface area contributed by atoms with Gasteiger partial charge in [0.1, 0.15) is 6.10 Å². The zero-order chi connectivity index (χ0) is 19.1. The van der Waals surface area contributed by atoms with Gasteiger partial charge in [0, 0.05) is 25.7 Å². The fraction of sp³-hybridized carbons (Fsp3) is 0.529. The molecule has 8 nitrogen and oxygen atoms in total. The molecule has 0 aromatic heterocycles. The topological polar surface area (TPSA) is 96.0 Å². The molecule has 1 aromatic carbocycles. The van der Waals surface area contributed by atoms with E-state index in [0.717, 1.165) is 17.1 Å². The molecule has 0 radical (unpaired) electrons. The normalized spacial score (nSPS) is 20.4. The number of rotatable bonds is 6. The molecule has 0 bridgehead atoms. The highest BCUT2D eigenvalue weighted by molar-refractivity contribution is 7.89. The summed E-state index contributed by atoms with van der Waals surface area (Å²) in [4.78, 5) is 26.0. The van der Waals surface area contributed by atoms with E-state index in [1.165, 1.54) is 20.2 Å². The molecule has 9 heteroatoms. The number of nitrogens with zero attached hydrogens (tertiary/aromatic N) is 2. The minimum absolute atomic E-state index is 0.0994. The third-order valence-electron chi connectivity index (χ3n) is 4.59. The lowest BCUT2D eigenvalue weighted by molar-refractivity contribution is 0.0914. The van der Waals surface area contributed by atoms with Crippen LogP contribution in [0.5, 0.6) is 0 Å². The number of aryl methyl sites for hydroxylation is 1. The summed E-state index contributed by atoms with van der Waals surface area (Å²) in [6.07, 6.45) is 1.28. The lowest BCUT2D eigenvalue weighted by Gasteiger charge is -2.15. The van der Waals surface area contributed by atoms with Crippen LogP contribution in [0.25, 0.3) is 0 Å². The molecule has 3 rings (SSSR count). The van der Waals surface area contributed by atoms with E-state index in [1.807, 2.05) is 0 Å². The number of cyclic esters (lactones) is 1. The Morgan fingerprint density at radius 3 is 2.65 bits per heavy atom. The summed E-state index contributed by atoms with van der Waals surface area (Å²) in [5.41, 5.74) is 0.819. The maximum atomic E-state index is 12.4. The Morgan fingerprint density at radius 1 is 1.35 bits per heavy atom. The van der Waals surface area contributed by atoms with Crippen molar-refractivity contribution in [1.82, 2.24) is 14.5 Å². The molecule has 2 amide bonds. The number of carbonyl (C=O) groups is 2. The number of nitrogens with one attached hydrogen (secondary N) is 1. The van der Waals surface area contributed by atoms with Crippen LogP contribution < -0.4 is 5.32 Å². The van der Waals surface area contributed by atoms with Crippen molar-refractivity contribution in [2.45, 2.75) is 36.8 Å². The second kappa shape index (κ2) is 6.88. The summed E-state index contributed by atoms with van der Waals surface area (Å²) in [5.74, 6) is -0.402. The van der Waals surface area contributed by atoms with Crippen molar-refractivity contribution in [3.05, 3.63) is 29.3 Å². The molecule has 1 N–H and O–H groups in total. The quantitative estimate of drug-likeness (QED) is 0.792. The van der Waals surface area contributed by atoms with Gasteiger partial charge >= 0.3 is 6.09 Å². The molecule has 1 unspecified atom stereocenters. The highest BCUT2D eigenvalue weighted by Crippen LogP contribution is 2.30. The number of hydrogen-bond acceptors (Lipinski definition) is 5. The molecule has 1 heterocycles. The molecule has 1 atom stereocenters. The van der Waals surface area contributed by atoms with Crippen molar-refractivity contribution in [2.24, 2.45) is 0 Å². The van der Waals surface area contributed by atoms with Crippen molar-refractivity contribution in [3.8, 4) is 0 Å². The molecule has 1 aliphatic heterocycles. The van der Waals surface area contributed by atoms with E-state index in [2.05, 4.69) is 5.32 Å². The first-order chi connectivity index (χ1) is 12.2. The van der Waals surface area contributed by atoms with Gasteiger partial charge in [0.15, 0.2) is 0 Å². The van der Waals surface area contributed by atoms with Gasteiger partial charge < -0.3 is 15.0 Å². The summed E-state index contributed by atoms with van der Waals surface area (Å²) >= 11 is 0. The molecular weight excluding hydrogens is 358 g/mol. The van der Waals surface area contributed by atoms with Crippen molar-refractivity contribution in [1.29, 1.82) is 0 Å². The summed E-state index contributed by atoms with van der Waals surface area (Å²) in [6.45, 7) is 2.35. The van der Waals surface area contributed by atoms with Gasteiger partial charge in [-0.1, -0.05) is 6.07 Å². The number of sulfonamides is 1. The van der Waals surface area contributed by atoms with Crippen LogP contribution in [0.15, 0.2) is 23.1 Å². The summed E-state index contributed by atoms with van der Waals surface area (Å²) in [7, 11) is -0.742. The molecule has 1 saturated carbocycles. The maximum absolute atomic E-state index is 12.4. The molecule has 1 aliphatic carbocycles. The van der Waals surface area contributed by atoms with E-state index in [1.54, 1.807) is 24.0 Å². The Hall–Kier alpha value is -2.13. The van der Waals surface area contributed by atoms with Gasteiger partial charge in [-0.15, -0.1) is 0 Å². The molecule has 2 fully saturated rings. The monoisotopic (exact) mass is 381 g/mol. The van der Waals surface area contributed by atoms with Gasteiger partial charge in [-0.2, -0.15) is 0 Å². The van der Waals surface area contributed by atoms with Crippen molar-refractivity contribution in [3.63, 3.8) is 0 Å². The highest BCUT2D eigenvalue weighted by Gasteiger charge is 2.40. The van der Waals surface area contributed by atoms with Crippen LogP contribution in [0, 0.1) is 6.92 Å². The summed E-state index contributed by atoms with van der Waals surface area (Å²) in [5, 5.41) is 2.72. The van der Waals surface area contributed by atoms with E-state index in [4.69, 9.17) is 4.74 Å². The zero-order valence-corrected chi connectivity index (χ0v) is 15.9. The SMILES string of the molecule is Cc1ccc(C(=O)NCC2CN(C3CC3)C(=O)O2)cc1S(=O)(=O)N(C)C. The Labute approximate surface area is 153 Å². The first-order valence-electron chi connectivity index (χ1n) is 8.49. The van der Waals surface area contributed by atoms with Crippen LogP contribution in [0.2, 0.25) is 0 Å². The van der Waals surface area contributed by atoms with Crippen LogP contribution in [-0.4, -0.2) is 69.0 Å². The van der Waals surface area contributed by atoms with Gasteiger partial charge in [-0.25, -0.2) is 17.5 Å². The molecule has 142 valence electrons. The van der Waals surface area contributed by atoms with E-state index in [0.29, 0.717) is 12.1 Å². The molecule has 1 aromatic rings. The first-order valence-corrected chi connectivity index (χ1v) is 9.93. The second-order valence-corrected chi connectivity index (χ2v) is 8.99. The van der Waals surface area contributed by atoms with Crippen LogP contribution in [-0.2, 0) is 14.8 Å². The number of carbonyl (C=O) groups excluding carboxylic acids is 2. The Morgan fingerprint density at radius 2 is 2.04 bits per heavy atom. The average Bonchev–Trinajstić information content (AvgIpc) is 3.35. The fourth-order valence-electron chi connectivity index (χ4n) is 2.86. The van der Waals surface area contributed by atoms with E-state index in [9.17, 15) is 18.0 Å². The van der Waals surface area contributed by atoms with Crippen LogP contribution in [0.4, 0.5) is 4.79 Å². The Kier molecular flexibility index (Phi) is 4.94. The molecule has 1 saturated heterocycles. The van der Waals surface area contributed by atoms with Crippen LogP contribution in [0.1, 0.15) is 28.8 Å². The van der Waals surface area contributed by atoms with Gasteiger partial charge in [0.2, 0.25) is 10.0 Å². The lowest BCUT2D eigenvalue weighted by Crippen LogP contribution is -2.35. The number of benzene rings is 1. The van der Waals surface area contributed by atoms with E-state index >= 15 is 0 Å².